The fourth-order valence-corrected chi connectivity index (χ4v) is 8.46. The number of halogens is 1. The van der Waals surface area contributed by atoms with Crippen molar-refractivity contribution in [3.63, 3.8) is 0 Å². The molecule has 2 aromatic heterocycles. The van der Waals surface area contributed by atoms with Crippen LogP contribution in [0, 0.1) is 17.7 Å². The van der Waals surface area contributed by atoms with Crippen molar-refractivity contribution >= 4 is 39.6 Å². The molecule has 4 aliphatic rings. The Morgan fingerprint density at radius 2 is 1.83 bits per heavy atom. The molecule has 2 bridgehead atoms. The minimum atomic E-state index is -0.612. The number of aryl methyl sites for hydroxylation is 1. The van der Waals surface area contributed by atoms with E-state index in [4.69, 9.17) is 9.72 Å². The number of alkyl carbamates (subject to hydrolysis) is 1. The zero-order valence-electron chi connectivity index (χ0n) is 27.5. The summed E-state index contributed by atoms with van der Waals surface area (Å²) in [6.07, 6.45) is 4.29. The topological polar surface area (TPSA) is 105 Å². The summed E-state index contributed by atoms with van der Waals surface area (Å²) in [7, 11) is 1.84. The first kappa shape index (κ1) is 30.2. The molecule has 47 heavy (non-hydrogen) atoms. The molecule has 2 aliphatic heterocycles. The molecular formula is C36H43FN6O4. The summed E-state index contributed by atoms with van der Waals surface area (Å²) in [5.74, 6) is 0.641. The maximum absolute atomic E-state index is 16.0. The first-order chi connectivity index (χ1) is 22.5. The fraction of sp³-hybridized carbons (Fsp3) is 0.528. The van der Waals surface area contributed by atoms with E-state index in [-0.39, 0.29) is 42.1 Å². The van der Waals surface area contributed by atoms with Gasteiger partial charge in [-0.3, -0.25) is 4.79 Å². The Hall–Kier alpha value is -4.12. The fourth-order valence-electron chi connectivity index (χ4n) is 8.46. The van der Waals surface area contributed by atoms with Gasteiger partial charge in [-0.25, -0.2) is 14.2 Å². The highest BCUT2D eigenvalue weighted by Gasteiger charge is 2.50. The predicted octanol–water partition coefficient (Wildman–Crippen LogP) is 5.62. The summed E-state index contributed by atoms with van der Waals surface area (Å²) in [6, 6.07) is 11.5. The number of likely N-dealkylation sites (tertiary alicyclic amines) is 1. The number of hydrogen-bond acceptors (Lipinski definition) is 6. The summed E-state index contributed by atoms with van der Waals surface area (Å²) in [4.78, 5) is 35.6. The molecule has 4 atom stereocenters. The summed E-state index contributed by atoms with van der Waals surface area (Å²) in [5.41, 5.74) is 3.72. The third-order valence-corrected chi connectivity index (χ3v) is 10.6. The quantitative estimate of drug-likeness (QED) is 0.272. The number of para-hydroxylation sites is 1. The lowest BCUT2D eigenvalue weighted by Gasteiger charge is -2.37. The van der Waals surface area contributed by atoms with Crippen LogP contribution < -0.4 is 10.2 Å². The molecular weight excluding hydrogens is 599 g/mol. The van der Waals surface area contributed by atoms with Crippen LogP contribution in [0.3, 0.4) is 0 Å². The lowest BCUT2D eigenvalue weighted by atomic mass is 10.1. The van der Waals surface area contributed by atoms with E-state index in [1.54, 1.807) is 11.0 Å². The Balaban J connectivity index is 1.13. The first-order valence-corrected chi connectivity index (χ1v) is 17.0. The number of nitrogens with zero attached hydrogens (tertiary/aromatic N) is 5. The summed E-state index contributed by atoms with van der Waals surface area (Å²) in [6.45, 7) is 7.80. The van der Waals surface area contributed by atoms with Gasteiger partial charge < -0.3 is 34.1 Å². The van der Waals surface area contributed by atoms with E-state index in [0.717, 1.165) is 48.2 Å². The number of carbonyl (C=O) groups is 2. The van der Waals surface area contributed by atoms with Crippen molar-refractivity contribution in [2.45, 2.75) is 76.6 Å². The molecule has 10 nitrogen and oxygen atoms in total. The molecule has 1 unspecified atom stereocenters. The van der Waals surface area contributed by atoms with Gasteiger partial charge in [0.1, 0.15) is 16.9 Å². The largest absolute Gasteiger partial charge is 0.444 e. The smallest absolute Gasteiger partial charge is 0.407 e. The number of amides is 2. The monoisotopic (exact) mass is 642 g/mol. The summed E-state index contributed by atoms with van der Waals surface area (Å²) >= 11 is 0. The van der Waals surface area contributed by atoms with Crippen molar-refractivity contribution in [3.05, 3.63) is 47.8 Å². The zero-order valence-corrected chi connectivity index (χ0v) is 27.5. The van der Waals surface area contributed by atoms with Crippen LogP contribution in [0.2, 0.25) is 0 Å². The Morgan fingerprint density at radius 3 is 2.57 bits per heavy atom. The van der Waals surface area contributed by atoms with Gasteiger partial charge >= 0.3 is 6.09 Å². The highest BCUT2D eigenvalue weighted by molar-refractivity contribution is 6.00. The van der Waals surface area contributed by atoms with E-state index < -0.39 is 17.5 Å². The van der Waals surface area contributed by atoms with Gasteiger partial charge in [-0.05, 0) is 89.0 Å². The number of hydrogen-bond donors (Lipinski definition) is 2. The number of piperidine rings is 1. The van der Waals surface area contributed by atoms with E-state index >= 15 is 4.39 Å². The molecule has 2 N–H and O–H groups in total. The zero-order chi connectivity index (χ0) is 32.8. The number of anilines is 1. The molecule has 0 radical (unpaired) electrons. The van der Waals surface area contributed by atoms with Crippen molar-refractivity contribution in [3.8, 4) is 11.5 Å². The number of ether oxygens (including phenoxy) is 1. The molecule has 248 valence electrons. The van der Waals surface area contributed by atoms with Crippen molar-refractivity contribution in [1.29, 1.82) is 0 Å². The molecule has 0 spiro atoms. The van der Waals surface area contributed by atoms with Crippen LogP contribution in [-0.4, -0.2) is 80.1 Å². The van der Waals surface area contributed by atoms with Gasteiger partial charge in [-0.1, -0.05) is 12.1 Å². The van der Waals surface area contributed by atoms with E-state index in [1.807, 2.05) is 32.4 Å². The number of rotatable bonds is 7. The number of benzene rings is 2. The van der Waals surface area contributed by atoms with Crippen LogP contribution in [0.1, 0.15) is 69.3 Å². The number of carbonyl (C=O) groups excluding carboxylic acids is 2. The van der Waals surface area contributed by atoms with Gasteiger partial charge in [0.15, 0.2) is 5.82 Å². The first-order valence-electron chi connectivity index (χ1n) is 17.0. The van der Waals surface area contributed by atoms with Crippen molar-refractivity contribution < 1.29 is 23.8 Å². The molecule has 11 heteroatoms. The number of aromatic nitrogens is 3. The minimum Gasteiger partial charge on any atom is -0.444 e. The number of aliphatic hydroxyl groups is 1. The highest BCUT2D eigenvalue weighted by Crippen LogP contribution is 2.49. The Kier molecular flexibility index (Phi) is 7.05. The van der Waals surface area contributed by atoms with Crippen molar-refractivity contribution in [2.24, 2.45) is 18.9 Å². The van der Waals surface area contributed by atoms with Gasteiger partial charge in [0.2, 0.25) is 0 Å². The van der Waals surface area contributed by atoms with Crippen molar-refractivity contribution in [2.75, 3.05) is 31.1 Å². The molecule has 2 amide bonds. The van der Waals surface area contributed by atoms with Gasteiger partial charge in [0.05, 0.1) is 40.5 Å². The van der Waals surface area contributed by atoms with Crippen LogP contribution in [0.5, 0.6) is 0 Å². The van der Waals surface area contributed by atoms with E-state index in [9.17, 15) is 14.7 Å². The SMILES string of the molecule is Cn1c(-c2cc3cccc4c3n2C(C2CC2)CN4CCCO)nc2cc(C(=O)N3C[C@H]4CC[C@@H]3[C@@H]4NC(=O)OC(C)(C)C)cc(F)c21. The van der Waals surface area contributed by atoms with Crippen LogP contribution in [0.4, 0.5) is 14.9 Å². The number of imidazole rings is 1. The van der Waals surface area contributed by atoms with Gasteiger partial charge in [0, 0.05) is 44.2 Å². The highest BCUT2D eigenvalue weighted by atomic mass is 19.1. The molecule has 3 fully saturated rings. The second-order valence-corrected chi connectivity index (χ2v) is 14.9. The summed E-state index contributed by atoms with van der Waals surface area (Å²) < 4.78 is 25.7. The van der Waals surface area contributed by atoms with Crippen LogP contribution >= 0.6 is 0 Å². The normalized spacial score (nSPS) is 23.7. The molecule has 4 heterocycles. The molecule has 8 rings (SSSR count). The minimum absolute atomic E-state index is 0.135. The lowest BCUT2D eigenvalue weighted by molar-refractivity contribution is 0.0485. The average Bonchev–Trinajstić information content (AvgIpc) is 3.43. The maximum Gasteiger partial charge on any atom is 0.407 e. The summed E-state index contributed by atoms with van der Waals surface area (Å²) in [5, 5.41) is 13.7. The lowest BCUT2D eigenvalue weighted by Crippen LogP contribution is -2.46. The van der Waals surface area contributed by atoms with Gasteiger partial charge in [0.25, 0.3) is 5.91 Å². The Labute approximate surface area is 273 Å². The predicted molar refractivity (Wildman–Crippen MR) is 178 cm³/mol. The van der Waals surface area contributed by atoms with E-state index in [2.05, 4.69) is 39.0 Å². The molecule has 1 saturated heterocycles. The van der Waals surface area contributed by atoms with Gasteiger partial charge in [-0.2, -0.15) is 0 Å². The molecule has 4 aromatic rings. The Morgan fingerprint density at radius 1 is 1.04 bits per heavy atom. The second-order valence-electron chi connectivity index (χ2n) is 14.9. The van der Waals surface area contributed by atoms with Crippen LogP contribution in [0.15, 0.2) is 36.4 Å². The Bertz CT molecular complexity index is 1900. The third kappa shape index (κ3) is 5.05. The van der Waals surface area contributed by atoms with Gasteiger partial charge in [-0.15, -0.1) is 0 Å². The number of aliphatic hydroxyl groups excluding tert-OH is 1. The number of fused-ring (bicyclic) bond motifs is 3. The van der Waals surface area contributed by atoms with Crippen LogP contribution in [0.25, 0.3) is 33.5 Å². The van der Waals surface area contributed by atoms with E-state index in [0.29, 0.717) is 35.7 Å². The number of nitrogens with one attached hydrogen (secondary N) is 1. The third-order valence-electron chi connectivity index (χ3n) is 10.6. The molecule has 2 aliphatic carbocycles. The average molecular weight is 643 g/mol. The van der Waals surface area contributed by atoms with Crippen LogP contribution in [-0.2, 0) is 11.8 Å². The maximum atomic E-state index is 16.0. The second kappa shape index (κ2) is 11.0. The van der Waals surface area contributed by atoms with Crippen molar-refractivity contribution in [1.82, 2.24) is 24.3 Å². The standard InChI is InChI=1S/C36H43FN6O4/c1-36(2,3)47-35(46)39-30-22-11-12-26(30)42(18-22)34(45)23-15-24(37)32-25(16-23)38-33(40(32)4)28-17-21-7-5-8-27-31(21)43(28)29(20-9-10-20)19-41(27)13-6-14-44/h5,7-8,15-17,20,22,26,29-30,44H,6,9-14,18-19H2,1-4H3,(H,39,46)/t22-,26-,29?,30-/m1/s1. The molecule has 2 saturated carbocycles. The molecule has 2 aromatic carbocycles. The van der Waals surface area contributed by atoms with E-state index in [1.165, 1.54) is 18.9 Å².